The molecular weight excluding hydrogens is 493 g/mol. The Bertz CT molecular complexity index is 954. The zero-order valence-corrected chi connectivity index (χ0v) is 19.6. The summed E-state index contributed by atoms with van der Waals surface area (Å²) in [6.07, 6.45) is 9.51. The van der Waals surface area contributed by atoms with Crippen LogP contribution in [0.4, 0.5) is 0 Å². The standard InChI is InChI=1S/C21H27N7O.HI/c1-22-21(28-8-9-29-20(15-28)19-12-25-26(2)14-19)24-11-17-4-3-5-18(10-17)13-27-7-6-23-16-27;/h3-7,10,12,14,16,20H,8-9,11,13,15H2,1-2H3,(H,22,24);1H. The van der Waals surface area contributed by atoms with E-state index in [4.69, 9.17) is 4.74 Å². The van der Waals surface area contributed by atoms with Gasteiger partial charge in [0, 0.05) is 57.9 Å². The average Bonchev–Trinajstić information content (AvgIpc) is 3.41. The molecule has 4 rings (SSSR count). The monoisotopic (exact) mass is 521 g/mol. The van der Waals surface area contributed by atoms with E-state index in [0.29, 0.717) is 6.61 Å². The zero-order valence-electron chi connectivity index (χ0n) is 17.3. The first-order valence-electron chi connectivity index (χ1n) is 9.80. The van der Waals surface area contributed by atoms with Gasteiger partial charge >= 0.3 is 0 Å². The van der Waals surface area contributed by atoms with E-state index < -0.39 is 0 Å². The van der Waals surface area contributed by atoms with Crippen molar-refractivity contribution in [2.75, 3.05) is 26.7 Å². The number of aliphatic imine (C=N–C) groups is 1. The van der Waals surface area contributed by atoms with Gasteiger partial charge in [0.15, 0.2) is 5.96 Å². The Morgan fingerprint density at radius 2 is 2.20 bits per heavy atom. The van der Waals surface area contributed by atoms with Gasteiger partial charge < -0.3 is 19.5 Å². The number of benzene rings is 1. The minimum atomic E-state index is 0. The predicted molar refractivity (Wildman–Crippen MR) is 127 cm³/mol. The Morgan fingerprint density at radius 1 is 1.33 bits per heavy atom. The molecule has 1 N–H and O–H groups in total. The van der Waals surface area contributed by atoms with Gasteiger partial charge in [-0.2, -0.15) is 5.10 Å². The third-order valence-electron chi connectivity index (χ3n) is 5.04. The molecule has 1 aromatic carbocycles. The van der Waals surface area contributed by atoms with Crippen LogP contribution < -0.4 is 5.32 Å². The van der Waals surface area contributed by atoms with Gasteiger partial charge in [-0.05, 0) is 11.1 Å². The molecule has 1 aliphatic rings. The number of imidazole rings is 1. The van der Waals surface area contributed by atoms with E-state index in [1.807, 2.05) is 43.7 Å². The zero-order chi connectivity index (χ0) is 20.1. The lowest BCUT2D eigenvalue weighted by molar-refractivity contribution is -0.00805. The molecule has 160 valence electrons. The van der Waals surface area contributed by atoms with Crippen molar-refractivity contribution in [2.24, 2.45) is 12.0 Å². The van der Waals surface area contributed by atoms with Gasteiger partial charge in [-0.25, -0.2) is 4.98 Å². The highest BCUT2D eigenvalue weighted by molar-refractivity contribution is 14.0. The quantitative estimate of drug-likeness (QED) is 0.317. The molecule has 0 amide bonds. The molecule has 0 radical (unpaired) electrons. The van der Waals surface area contributed by atoms with Crippen molar-refractivity contribution < 1.29 is 4.74 Å². The van der Waals surface area contributed by atoms with Crippen molar-refractivity contribution in [3.05, 3.63) is 72.1 Å². The maximum Gasteiger partial charge on any atom is 0.194 e. The summed E-state index contributed by atoms with van der Waals surface area (Å²) < 4.78 is 9.82. The first kappa shape index (κ1) is 22.3. The molecule has 0 aliphatic carbocycles. The SMILES string of the molecule is CN=C(NCc1cccc(Cn2ccnc2)c1)N1CCOC(c2cnn(C)c2)C1.I. The van der Waals surface area contributed by atoms with E-state index in [1.165, 1.54) is 11.1 Å². The summed E-state index contributed by atoms with van der Waals surface area (Å²) in [6, 6.07) is 8.59. The number of guanidine groups is 1. The lowest BCUT2D eigenvalue weighted by Crippen LogP contribution is -2.47. The molecule has 2 aromatic heterocycles. The number of nitrogens with zero attached hydrogens (tertiary/aromatic N) is 6. The van der Waals surface area contributed by atoms with E-state index in [1.54, 1.807) is 6.20 Å². The third-order valence-corrected chi connectivity index (χ3v) is 5.04. The molecule has 0 bridgehead atoms. The average molecular weight is 521 g/mol. The number of aromatic nitrogens is 4. The summed E-state index contributed by atoms with van der Waals surface area (Å²) in [4.78, 5) is 10.8. The number of rotatable bonds is 5. The van der Waals surface area contributed by atoms with Crippen LogP contribution in [0.2, 0.25) is 0 Å². The maximum absolute atomic E-state index is 5.95. The van der Waals surface area contributed by atoms with Crippen molar-refractivity contribution >= 4 is 29.9 Å². The van der Waals surface area contributed by atoms with Crippen LogP contribution in [0.15, 0.2) is 60.4 Å². The predicted octanol–water partition coefficient (Wildman–Crippen LogP) is 2.43. The largest absolute Gasteiger partial charge is 0.370 e. The second-order valence-corrected chi connectivity index (χ2v) is 7.21. The summed E-state index contributed by atoms with van der Waals surface area (Å²) in [5, 5.41) is 7.76. The lowest BCUT2D eigenvalue weighted by atomic mass is 10.1. The maximum atomic E-state index is 5.95. The highest BCUT2D eigenvalue weighted by Crippen LogP contribution is 2.21. The van der Waals surface area contributed by atoms with Crippen molar-refractivity contribution in [3.8, 4) is 0 Å². The summed E-state index contributed by atoms with van der Waals surface area (Å²) >= 11 is 0. The fraction of sp³-hybridized carbons (Fsp3) is 0.381. The number of morpholine rings is 1. The van der Waals surface area contributed by atoms with Crippen LogP contribution in [-0.2, 0) is 24.9 Å². The fourth-order valence-electron chi connectivity index (χ4n) is 3.59. The van der Waals surface area contributed by atoms with Gasteiger partial charge in [-0.3, -0.25) is 9.67 Å². The van der Waals surface area contributed by atoms with Crippen molar-refractivity contribution in [1.82, 2.24) is 29.5 Å². The normalized spacial score (nSPS) is 16.9. The Morgan fingerprint density at radius 3 is 2.93 bits per heavy atom. The molecule has 3 aromatic rings. The van der Waals surface area contributed by atoms with Gasteiger partial charge in [0.2, 0.25) is 0 Å². The summed E-state index contributed by atoms with van der Waals surface area (Å²) in [6.45, 7) is 3.78. The van der Waals surface area contributed by atoms with Crippen LogP contribution >= 0.6 is 24.0 Å². The van der Waals surface area contributed by atoms with Crippen LogP contribution in [0.25, 0.3) is 0 Å². The fourth-order valence-corrected chi connectivity index (χ4v) is 3.59. The van der Waals surface area contributed by atoms with Gasteiger partial charge in [-0.1, -0.05) is 24.3 Å². The van der Waals surface area contributed by atoms with Crippen molar-refractivity contribution in [2.45, 2.75) is 19.2 Å². The minimum absolute atomic E-state index is 0. The van der Waals surface area contributed by atoms with Gasteiger partial charge in [0.1, 0.15) is 6.10 Å². The number of nitrogens with one attached hydrogen (secondary N) is 1. The van der Waals surface area contributed by atoms with Gasteiger partial charge in [0.25, 0.3) is 0 Å². The van der Waals surface area contributed by atoms with Gasteiger partial charge in [0.05, 0.1) is 25.7 Å². The highest BCUT2D eigenvalue weighted by atomic mass is 127. The van der Waals surface area contributed by atoms with Crippen LogP contribution in [0.5, 0.6) is 0 Å². The third kappa shape index (κ3) is 5.60. The van der Waals surface area contributed by atoms with Crippen molar-refractivity contribution in [1.29, 1.82) is 0 Å². The first-order valence-corrected chi connectivity index (χ1v) is 9.80. The van der Waals surface area contributed by atoms with Crippen molar-refractivity contribution in [3.63, 3.8) is 0 Å². The number of halogens is 1. The van der Waals surface area contributed by atoms with Gasteiger partial charge in [-0.15, -0.1) is 24.0 Å². The molecule has 1 fully saturated rings. The molecule has 1 atom stereocenters. The molecule has 9 heteroatoms. The molecule has 1 saturated heterocycles. The number of hydrogen-bond acceptors (Lipinski definition) is 4. The van der Waals surface area contributed by atoms with E-state index in [9.17, 15) is 0 Å². The van der Waals surface area contributed by atoms with Crippen LogP contribution in [0.1, 0.15) is 22.8 Å². The molecule has 8 nitrogen and oxygen atoms in total. The van der Waals surface area contributed by atoms with E-state index in [2.05, 4.69) is 54.1 Å². The summed E-state index contributed by atoms with van der Waals surface area (Å²) in [7, 11) is 3.75. The molecule has 0 saturated carbocycles. The van der Waals surface area contributed by atoms with Crippen LogP contribution in [0, 0.1) is 0 Å². The van der Waals surface area contributed by atoms with Crippen LogP contribution in [-0.4, -0.2) is 56.9 Å². The Balaban J connectivity index is 0.00000256. The first-order chi connectivity index (χ1) is 14.2. The van der Waals surface area contributed by atoms with E-state index >= 15 is 0 Å². The summed E-state index contributed by atoms with van der Waals surface area (Å²) in [5.74, 6) is 0.891. The smallest absolute Gasteiger partial charge is 0.194 e. The minimum Gasteiger partial charge on any atom is -0.370 e. The lowest BCUT2D eigenvalue weighted by Gasteiger charge is -2.34. The molecule has 1 aliphatic heterocycles. The molecule has 0 spiro atoms. The molecule has 3 heterocycles. The highest BCUT2D eigenvalue weighted by Gasteiger charge is 2.25. The Labute approximate surface area is 194 Å². The number of hydrogen-bond donors (Lipinski definition) is 1. The number of aryl methyl sites for hydroxylation is 1. The van der Waals surface area contributed by atoms with E-state index in [0.717, 1.165) is 37.7 Å². The number of ether oxygens (including phenoxy) is 1. The Hall–Kier alpha value is -2.40. The summed E-state index contributed by atoms with van der Waals surface area (Å²) in [5.41, 5.74) is 3.57. The van der Waals surface area contributed by atoms with E-state index in [-0.39, 0.29) is 30.1 Å². The molecule has 30 heavy (non-hydrogen) atoms. The Kier molecular flexibility index (Phi) is 7.86. The molecule has 1 unspecified atom stereocenters. The molecular formula is C21H28IN7O. The van der Waals surface area contributed by atoms with Crippen LogP contribution in [0.3, 0.4) is 0 Å². The second-order valence-electron chi connectivity index (χ2n) is 7.21. The second kappa shape index (κ2) is 10.6. The topological polar surface area (TPSA) is 72.5 Å².